The van der Waals surface area contributed by atoms with Crippen LogP contribution in [0.5, 0.6) is 0 Å². The molecule has 2 aromatic heterocycles. The second-order valence-corrected chi connectivity index (χ2v) is 5.08. The van der Waals surface area contributed by atoms with Crippen molar-refractivity contribution in [1.82, 2.24) is 9.97 Å². The Morgan fingerprint density at radius 2 is 1.76 bits per heavy atom. The Bertz CT molecular complexity index is 757. The van der Waals surface area contributed by atoms with Gasteiger partial charge in [-0.1, -0.05) is 29.8 Å². The second kappa shape index (κ2) is 6.04. The van der Waals surface area contributed by atoms with Gasteiger partial charge in [-0.05, 0) is 46.5 Å². The number of nitrogens with zero attached hydrogens (tertiary/aromatic N) is 2. The van der Waals surface area contributed by atoms with Crippen molar-refractivity contribution in [2.45, 2.75) is 6.54 Å². The minimum absolute atomic E-state index is 0.473. The van der Waals surface area contributed by atoms with E-state index in [1.165, 1.54) is 0 Å². The van der Waals surface area contributed by atoms with Gasteiger partial charge >= 0.3 is 0 Å². The fourth-order valence-electron chi connectivity index (χ4n) is 2.30. The van der Waals surface area contributed by atoms with Crippen LogP contribution in [0.25, 0.3) is 22.3 Å². The topological polar surface area (TPSA) is 51.8 Å². The van der Waals surface area contributed by atoms with Crippen LogP contribution in [0.1, 0.15) is 5.56 Å². The Hall–Kier alpha value is -2.23. The average Bonchev–Trinajstić information content (AvgIpc) is 2.55. The van der Waals surface area contributed by atoms with Crippen LogP contribution in [0.4, 0.5) is 0 Å². The smallest absolute Gasteiger partial charge is 0.129 e. The van der Waals surface area contributed by atoms with E-state index in [-0.39, 0.29) is 0 Å². The number of halogens is 1. The van der Waals surface area contributed by atoms with Crippen LogP contribution in [0.15, 0.2) is 61.1 Å². The second-order valence-electron chi connectivity index (χ2n) is 4.69. The molecule has 3 aromatic rings. The summed E-state index contributed by atoms with van der Waals surface area (Å²) in [5.74, 6) is 0. The fourth-order valence-corrected chi connectivity index (χ4v) is 2.45. The first-order valence-electron chi connectivity index (χ1n) is 6.63. The summed E-state index contributed by atoms with van der Waals surface area (Å²) in [5.41, 5.74) is 11.0. The van der Waals surface area contributed by atoms with Crippen molar-refractivity contribution in [2.75, 3.05) is 0 Å². The summed E-state index contributed by atoms with van der Waals surface area (Å²) in [6, 6.07) is 13.9. The maximum absolute atomic E-state index is 6.07. The molecule has 0 aliphatic carbocycles. The first-order valence-corrected chi connectivity index (χ1v) is 7.01. The maximum Gasteiger partial charge on any atom is 0.129 e. The number of aromatic nitrogens is 2. The number of hydrogen-bond acceptors (Lipinski definition) is 3. The van der Waals surface area contributed by atoms with Crippen molar-refractivity contribution in [1.29, 1.82) is 0 Å². The Balaban J connectivity index is 2.18. The van der Waals surface area contributed by atoms with Crippen LogP contribution in [0.2, 0.25) is 5.15 Å². The summed E-state index contributed by atoms with van der Waals surface area (Å²) >= 11 is 6.07. The number of hydrogen-bond donors (Lipinski definition) is 1. The summed E-state index contributed by atoms with van der Waals surface area (Å²) in [6.45, 7) is 0.513. The standard InChI is InChI=1S/C17H14ClN3/c18-17-9-15(13-4-6-20-7-5-13)16(11-21-17)14-3-1-2-12(8-14)10-19/h1-9,11H,10,19H2. The lowest BCUT2D eigenvalue weighted by Crippen LogP contribution is -1.96. The highest BCUT2D eigenvalue weighted by molar-refractivity contribution is 6.29. The van der Waals surface area contributed by atoms with E-state index < -0.39 is 0 Å². The van der Waals surface area contributed by atoms with Crippen molar-refractivity contribution < 1.29 is 0 Å². The predicted octanol–water partition coefficient (Wildman–Crippen LogP) is 3.92. The minimum Gasteiger partial charge on any atom is -0.326 e. The lowest BCUT2D eigenvalue weighted by Gasteiger charge is -2.11. The Kier molecular flexibility index (Phi) is 3.95. The SMILES string of the molecule is NCc1cccc(-c2cnc(Cl)cc2-c2ccncc2)c1. The lowest BCUT2D eigenvalue weighted by atomic mass is 9.96. The van der Waals surface area contributed by atoms with Crippen molar-refractivity contribution in [3.05, 3.63) is 71.8 Å². The van der Waals surface area contributed by atoms with Gasteiger partial charge in [-0.15, -0.1) is 0 Å². The van der Waals surface area contributed by atoms with E-state index >= 15 is 0 Å². The molecule has 0 saturated carbocycles. The normalized spacial score (nSPS) is 10.6. The molecule has 3 rings (SSSR count). The predicted molar refractivity (Wildman–Crippen MR) is 85.8 cm³/mol. The summed E-state index contributed by atoms with van der Waals surface area (Å²) in [4.78, 5) is 8.27. The van der Waals surface area contributed by atoms with Crippen molar-refractivity contribution in [2.24, 2.45) is 5.73 Å². The van der Waals surface area contributed by atoms with E-state index in [4.69, 9.17) is 17.3 Å². The molecule has 4 heteroatoms. The van der Waals surface area contributed by atoms with E-state index in [9.17, 15) is 0 Å². The molecule has 0 saturated heterocycles. The van der Waals surface area contributed by atoms with Gasteiger partial charge in [0.2, 0.25) is 0 Å². The summed E-state index contributed by atoms with van der Waals surface area (Å²) in [7, 11) is 0. The van der Waals surface area contributed by atoms with Gasteiger partial charge in [0.1, 0.15) is 5.15 Å². The highest BCUT2D eigenvalue weighted by atomic mass is 35.5. The number of pyridine rings is 2. The van der Waals surface area contributed by atoms with E-state index in [0.29, 0.717) is 11.7 Å². The van der Waals surface area contributed by atoms with Gasteiger partial charge in [-0.25, -0.2) is 4.98 Å². The fraction of sp³-hybridized carbons (Fsp3) is 0.0588. The van der Waals surface area contributed by atoms with Crippen LogP contribution in [-0.2, 0) is 6.54 Å². The molecular formula is C17H14ClN3. The first-order chi connectivity index (χ1) is 10.3. The van der Waals surface area contributed by atoms with Gasteiger partial charge in [0, 0.05) is 30.7 Å². The first kappa shape index (κ1) is 13.7. The summed E-state index contributed by atoms with van der Waals surface area (Å²) in [6.07, 6.45) is 5.33. The van der Waals surface area contributed by atoms with Crippen LogP contribution in [-0.4, -0.2) is 9.97 Å². The molecule has 104 valence electrons. The van der Waals surface area contributed by atoms with Gasteiger partial charge < -0.3 is 5.73 Å². The third-order valence-electron chi connectivity index (χ3n) is 3.34. The zero-order valence-electron chi connectivity index (χ0n) is 11.3. The van der Waals surface area contributed by atoms with Crippen LogP contribution in [0.3, 0.4) is 0 Å². The largest absolute Gasteiger partial charge is 0.326 e. The van der Waals surface area contributed by atoms with Gasteiger partial charge in [-0.3, -0.25) is 4.98 Å². The van der Waals surface area contributed by atoms with Crippen LogP contribution in [0, 0.1) is 0 Å². The number of rotatable bonds is 3. The van der Waals surface area contributed by atoms with Crippen LogP contribution >= 0.6 is 11.6 Å². The summed E-state index contributed by atoms with van der Waals surface area (Å²) < 4.78 is 0. The lowest BCUT2D eigenvalue weighted by molar-refractivity contribution is 1.07. The molecule has 0 fully saturated rings. The Morgan fingerprint density at radius 1 is 0.952 bits per heavy atom. The van der Waals surface area contributed by atoms with Gasteiger partial charge in [0.25, 0.3) is 0 Å². The molecule has 1 aromatic carbocycles. The maximum atomic E-state index is 6.07. The zero-order chi connectivity index (χ0) is 14.7. The molecule has 0 aliphatic rings. The molecule has 0 unspecified atom stereocenters. The van der Waals surface area contributed by atoms with E-state index in [1.807, 2.05) is 30.3 Å². The highest BCUT2D eigenvalue weighted by Gasteiger charge is 2.09. The Labute approximate surface area is 128 Å². The van der Waals surface area contributed by atoms with Crippen molar-refractivity contribution >= 4 is 11.6 Å². The molecule has 3 nitrogen and oxygen atoms in total. The average molecular weight is 296 g/mol. The molecule has 0 bridgehead atoms. The quantitative estimate of drug-likeness (QED) is 0.745. The third-order valence-corrected chi connectivity index (χ3v) is 3.54. The molecule has 2 heterocycles. The highest BCUT2D eigenvalue weighted by Crippen LogP contribution is 2.33. The molecule has 2 N–H and O–H groups in total. The molecule has 0 amide bonds. The van der Waals surface area contributed by atoms with Crippen LogP contribution < -0.4 is 5.73 Å². The molecule has 21 heavy (non-hydrogen) atoms. The third kappa shape index (κ3) is 2.94. The zero-order valence-corrected chi connectivity index (χ0v) is 12.1. The number of benzene rings is 1. The van der Waals surface area contributed by atoms with Crippen molar-refractivity contribution in [3.8, 4) is 22.3 Å². The molecule has 0 atom stereocenters. The molecule has 0 aliphatic heterocycles. The monoisotopic (exact) mass is 295 g/mol. The molecule has 0 spiro atoms. The molecular weight excluding hydrogens is 282 g/mol. The number of nitrogens with two attached hydrogens (primary N) is 1. The van der Waals surface area contributed by atoms with Gasteiger partial charge in [0.15, 0.2) is 0 Å². The Morgan fingerprint density at radius 3 is 2.52 bits per heavy atom. The van der Waals surface area contributed by atoms with Crippen molar-refractivity contribution in [3.63, 3.8) is 0 Å². The molecule has 0 radical (unpaired) electrons. The van der Waals surface area contributed by atoms with E-state index in [0.717, 1.165) is 27.8 Å². The van der Waals surface area contributed by atoms with E-state index in [2.05, 4.69) is 22.1 Å². The minimum atomic E-state index is 0.473. The van der Waals surface area contributed by atoms with Gasteiger partial charge in [0.05, 0.1) is 0 Å². The van der Waals surface area contributed by atoms with E-state index in [1.54, 1.807) is 18.6 Å². The summed E-state index contributed by atoms with van der Waals surface area (Å²) in [5, 5.41) is 0.473. The van der Waals surface area contributed by atoms with Gasteiger partial charge in [-0.2, -0.15) is 0 Å².